The van der Waals surface area contributed by atoms with Gasteiger partial charge in [-0.05, 0) is 17.7 Å². The SMILES string of the molecule is N#CC(C(=O)c1cc(F)c(F)c(F)c1)c1ccccc1. The molecule has 0 saturated heterocycles. The average molecular weight is 275 g/mol. The van der Waals surface area contributed by atoms with Gasteiger partial charge >= 0.3 is 0 Å². The van der Waals surface area contributed by atoms with E-state index in [0.29, 0.717) is 17.7 Å². The first-order chi connectivity index (χ1) is 9.54. The number of benzene rings is 2. The number of nitrogens with zero attached hydrogens (tertiary/aromatic N) is 1. The van der Waals surface area contributed by atoms with E-state index < -0.39 is 29.2 Å². The van der Waals surface area contributed by atoms with Crippen LogP contribution in [0.3, 0.4) is 0 Å². The van der Waals surface area contributed by atoms with Gasteiger partial charge in [0.1, 0.15) is 5.92 Å². The molecule has 0 radical (unpaired) electrons. The zero-order valence-corrected chi connectivity index (χ0v) is 10.1. The second-order valence-corrected chi connectivity index (χ2v) is 4.09. The van der Waals surface area contributed by atoms with Crippen molar-refractivity contribution in [3.63, 3.8) is 0 Å². The van der Waals surface area contributed by atoms with Crippen molar-refractivity contribution in [2.24, 2.45) is 0 Å². The maximum Gasteiger partial charge on any atom is 0.194 e. The van der Waals surface area contributed by atoms with Crippen LogP contribution in [0.5, 0.6) is 0 Å². The van der Waals surface area contributed by atoms with Crippen molar-refractivity contribution in [3.05, 3.63) is 71.0 Å². The summed E-state index contributed by atoms with van der Waals surface area (Å²) in [5, 5.41) is 9.07. The van der Waals surface area contributed by atoms with Crippen LogP contribution in [0.25, 0.3) is 0 Å². The first-order valence-electron chi connectivity index (χ1n) is 5.68. The molecule has 2 aromatic rings. The van der Waals surface area contributed by atoms with Crippen molar-refractivity contribution in [1.29, 1.82) is 5.26 Å². The third kappa shape index (κ3) is 2.54. The number of ketones is 1. The molecule has 20 heavy (non-hydrogen) atoms. The quantitative estimate of drug-likeness (QED) is 0.634. The van der Waals surface area contributed by atoms with Gasteiger partial charge in [-0.25, -0.2) is 13.2 Å². The van der Waals surface area contributed by atoms with Crippen molar-refractivity contribution in [1.82, 2.24) is 0 Å². The van der Waals surface area contributed by atoms with Crippen molar-refractivity contribution in [3.8, 4) is 6.07 Å². The third-order valence-corrected chi connectivity index (χ3v) is 2.79. The third-order valence-electron chi connectivity index (χ3n) is 2.79. The van der Waals surface area contributed by atoms with E-state index in [1.54, 1.807) is 36.4 Å². The highest BCUT2D eigenvalue weighted by Crippen LogP contribution is 2.22. The van der Waals surface area contributed by atoms with Gasteiger partial charge in [0, 0.05) is 5.56 Å². The molecule has 0 aliphatic rings. The van der Waals surface area contributed by atoms with Crippen LogP contribution >= 0.6 is 0 Å². The van der Waals surface area contributed by atoms with Gasteiger partial charge < -0.3 is 0 Å². The van der Waals surface area contributed by atoms with Gasteiger partial charge in [0.05, 0.1) is 6.07 Å². The predicted octanol–water partition coefficient (Wildman–Crippen LogP) is 3.59. The minimum absolute atomic E-state index is 0.378. The van der Waals surface area contributed by atoms with Gasteiger partial charge in [-0.3, -0.25) is 4.79 Å². The molecule has 0 heterocycles. The Labute approximate surface area is 113 Å². The normalized spacial score (nSPS) is 11.7. The summed E-state index contributed by atoms with van der Waals surface area (Å²) in [5.41, 5.74) is 0.0296. The Morgan fingerprint density at radius 1 is 1.05 bits per heavy atom. The maximum absolute atomic E-state index is 13.1. The largest absolute Gasteiger partial charge is 0.292 e. The second-order valence-electron chi connectivity index (χ2n) is 4.09. The van der Waals surface area contributed by atoms with Crippen LogP contribution in [0, 0.1) is 28.8 Å². The molecule has 1 unspecified atom stereocenters. The van der Waals surface area contributed by atoms with E-state index in [-0.39, 0.29) is 5.56 Å². The monoisotopic (exact) mass is 275 g/mol. The number of halogens is 3. The fraction of sp³-hybridized carbons (Fsp3) is 0.0667. The number of rotatable bonds is 3. The number of hydrogen-bond donors (Lipinski definition) is 0. The molecule has 0 saturated carbocycles. The van der Waals surface area contributed by atoms with Crippen molar-refractivity contribution in [2.75, 3.05) is 0 Å². The summed E-state index contributed by atoms with van der Waals surface area (Å²) in [6.45, 7) is 0. The lowest BCUT2D eigenvalue weighted by atomic mass is 9.92. The van der Waals surface area contributed by atoms with E-state index in [9.17, 15) is 18.0 Å². The first kappa shape index (κ1) is 13.8. The van der Waals surface area contributed by atoms with Gasteiger partial charge in [0.2, 0.25) is 0 Å². The van der Waals surface area contributed by atoms with E-state index in [2.05, 4.69) is 0 Å². The van der Waals surface area contributed by atoms with Gasteiger partial charge in [-0.1, -0.05) is 30.3 Å². The summed E-state index contributed by atoms with van der Waals surface area (Å²) in [6, 6.07) is 11.1. The van der Waals surface area contributed by atoms with Crippen LogP contribution in [0.15, 0.2) is 42.5 Å². The number of nitriles is 1. The standard InChI is InChI=1S/C15H8F3NO/c16-12-6-10(7-13(17)14(12)18)15(20)11(8-19)9-4-2-1-3-5-9/h1-7,11H. The lowest BCUT2D eigenvalue weighted by Gasteiger charge is -2.09. The van der Waals surface area contributed by atoms with Crippen LogP contribution in [-0.2, 0) is 0 Å². The van der Waals surface area contributed by atoms with Crippen molar-refractivity contribution < 1.29 is 18.0 Å². The van der Waals surface area contributed by atoms with E-state index >= 15 is 0 Å². The number of carbonyl (C=O) groups is 1. The highest BCUT2D eigenvalue weighted by atomic mass is 19.2. The van der Waals surface area contributed by atoms with Crippen LogP contribution in [0.1, 0.15) is 21.8 Å². The number of carbonyl (C=O) groups excluding carboxylic acids is 1. The van der Waals surface area contributed by atoms with E-state index in [4.69, 9.17) is 5.26 Å². The van der Waals surface area contributed by atoms with Crippen molar-refractivity contribution >= 4 is 5.78 Å². The molecule has 1 atom stereocenters. The van der Waals surface area contributed by atoms with Gasteiger partial charge in [0.25, 0.3) is 0 Å². The highest BCUT2D eigenvalue weighted by Gasteiger charge is 2.24. The molecule has 100 valence electrons. The topological polar surface area (TPSA) is 40.9 Å². The Balaban J connectivity index is 2.43. The molecule has 0 spiro atoms. The smallest absolute Gasteiger partial charge is 0.194 e. The Bertz CT molecular complexity index is 669. The molecule has 0 fully saturated rings. The molecule has 0 aliphatic heterocycles. The number of hydrogen-bond acceptors (Lipinski definition) is 2. The minimum Gasteiger partial charge on any atom is -0.292 e. The van der Waals surface area contributed by atoms with Gasteiger partial charge in [0.15, 0.2) is 23.2 Å². The second kappa shape index (κ2) is 5.57. The molecule has 2 aromatic carbocycles. The molecule has 2 rings (SSSR count). The molecule has 0 amide bonds. The van der Waals surface area contributed by atoms with Crippen LogP contribution < -0.4 is 0 Å². The molecule has 0 bridgehead atoms. The highest BCUT2D eigenvalue weighted by molar-refractivity contribution is 6.02. The lowest BCUT2D eigenvalue weighted by molar-refractivity contribution is 0.0977. The zero-order valence-electron chi connectivity index (χ0n) is 10.1. The Morgan fingerprint density at radius 2 is 1.60 bits per heavy atom. The summed E-state index contributed by atoms with van der Waals surface area (Å²) in [7, 11) is 0. The van der Waals surface area contributed by atoms with Crippen LogP contribution in [0.2, 0.25) is 0 Å². The van der Waals surface area contributed by atoms with Crippen LogP contribution in [-0.4, -0.2) is 5.78 Å². The van der Waals surface area contributed by atoms with E-state index in [1.807, 2.05) is 0 Å². The summed E-state index contributed by atoms with van der Waals surface area (Å²) in [4.78, 5) is 12.1. The summed E-state index contributed by atoms with van der Waals surface area (Å²) in [5.74, 6) is -6.54. The van der Waals surface area contributed by atoms with E-state index in [0.717, 1.165) is 0 Å². The molecule has 2 nitrogen and oxygen atoms in total. The maximum atomic E-state index is 13.1. The molecule has 0 aromatic heterocycles. The Morgan fingerprint density at radius 3 is 2.10 bits per heavy atom. The molecule has 0 aliphatic carbocycles. The zero-order chi connectivity index (χ0) is 14.7. The molecular formula is C15H8F3NO. The fourth-order valence-corrected chi connectivity index (χ4v) is 1.79. The Kier molecular flexibility index (Phi) is 3.85. The van der Waals surface area contributed by atoms with Gasteiger partial charge in [-0.15, -0.1) is 0 Å². The summed E-state index contributed by atoms with van der Waals surface area (Å²) < 4.78 is 39.1. The molecule has 0 N–H and O–H groups in total. The number of Topliss-reactive ketones (excluding diaryl/α,β-unsaturated/α-hetero) is 1. The first-order valence-corrected chi connectivity index (χ1v) is 5.68. The van der Waals surface area contributed by atoms with Crippen molar-refractivity contribution in [2.45, 2.75) is 5.92 Å². The molecule has 5 heteroatoms. The average Bonchev–Trinajstić information content (AvgIpc) is 2.46. The van der Waals surface area contributed by atoms with E-state index in [1.165, 1.54) is 0 Å². The molecular weight excluding hydrogens is 267 g/mol. The van der Waals surface area contributed by atoms with Gasteiger partial charge in [-0.2, -0.15) is 5.26 Å². The van der Waals surface area contributed by atoms with Crippen LogP contribution in [0.4, 0.5) is 13.2 Å². The Hall–Kier alpha value is -2.61. The summed E-state index contributed by atoms with van der Waals surface area (Å²) in [6.07, 6.45) is 0. The minimum atomic E-state index is -1.64. The predicted molar refractivity (Wildman–Crippen MR) is 65.4 cm³/mol. The lowest BCUT2D eigenvalue weighted by Crippen LogP contribution is -2.12. The fourth-order valence-electron chi connectivity index (χ4n) is 1.79. The summed E-state index contributed by atoms with van der Waals surface area (Å²) >= 11 is 0.